The van der Waals surface area contributed by atoms with Gasteiger partial charge in [0, 0.05) is 35.7 Å². The summed E-state index contributed by atoms with van der Waals surface area (Å²) < 4.78 is 5.28. The van der Waals surface area contributed by atoms with Crippen molar-refractivity contribution in [3.8, 4) is 0 Å². The first kappa shape index (κ1) is 16.3. The van der Waals surface area contributed by atoms with Crippen LogP contribution in [0, 0.1) is 0 Å². The third-order valence-electron chi connectivity index (χ3n) is 4.39. The van der Waals surface area contributed by atoms with Crippen molar-refractivity contribution in [1.29, 1.82) is 0 Å². The largest absolute Gasteiger partial charge is 0.480 e. The summed E-state index contributed by atoms with van der Waals surface area (Å²) in [5.74, 6) is -0.982. The van der Waals surface area contributed by atoms with Crippen LogP contribution >= 0.6 is 0 Å². The van der Waals surface area contributed by atoms with Crippen molar-refractivity contribution in [2.45, 2.75) is 25.4 Å². The number of nitrogens with zero attached hydrogens (tertiary/aromatic N) is 1. The molecule has 1 aromatic rings. The highest BCUT2D eigenvalue weighted by molar-refractivity contribution is 5.86. The first-order valence-electron chi connectivity index (χ1n) is 7.97. The van der Waals surface area contributed by atoms with Crippen molar-refractivity contribution in [2.75, 3.05) is 25.2 Å². The average Bonchev–Trinajstić information content (AvgIpc) is 2.87. The molecule has 2 heterocycles. The number of amides is 1. The van der Waals surface area contributed by atoms with E-state index in [9.17, 15) is 9.59 Å². The molecule has 3 rings (SSSR count). The van der Waals surface area contributed by atoms with E-state index in [0.29, 0.717) is 19.6 Å². The van der Waals surface area contributed by atoms with Crippen molar-refractivity contribution in [1.82, 2.24) is 10.2 Å². The molecule has 0 bridgehead atoms. The average molecular weight is 331 g/mol. The Kier molecular flexibility index (Phi) is 4.71. The van der Waals surface area contributed by atoms with Gasteiger partial charge in [-0.3, -0.25) is 9.59 Å². The number of nitrogens with one attached hydrogen (secondary N) is 2. The molecule has 7 nitrogen and oxygen atoms in total. The van der Waals surface area contributed by atoms with E-state index in [2.05, 4.69) is 17.2 Å². The van der Waals surface area contributed by atoms with E-state index in [0.717, 1.165) is 28.9 Å². The number of carboxylic acids is 1. The Balaban J connectivity index is 1.82. The molecule has 1 aromatic carbocycles. The number of hydrogen-bond acceptors (Lipinski definition) is 5. The molecule has 0 spiro atoms. The summed E-state index contributed by atoms with van der Waals surface area (Å²) in [6.45, 7) is 5.39. The van der Waals surface area contributed by atoms with Crippen molar-refractivity contribution < 1.29 is 19.4 Å². The number of anilines is 1. The number of carbonyl (C=O) groups is 2. The fourth-order valence-electron chi connectivity index (χ4n) is 3.20. The quantitative estimate of drug-likeness (QED) is 0.768. The molecule has 0 aromatic heterocycles. The predicted octanol–water partition coefficient (Wildman–Crippen LogP) is 1.22. The second kappa shape index (κ2) is 6.92. The van der Waals surface area contributed by atoms with Crippen molar-refractivity contribution >= 4 is 23.3 Å². The minimum Gasteiger partial charge on any atom is -0.480 e. The minimum absolute atomic E-state index is 0.0660. The molecule has 24 heavy (non-hydrogen) atoms. The lowest BCUT2D eigenvalue weighted by Gasteiger charge is -2.30. The zero-order valence-corrected chi connectivity index (χ0v) is 13.4. The third kappa shape index (κ3) is 3.21. The number of rotatable bonds is 4. The molecule has 2 aliphatic rings. The van der Waals surface area contributed by atoms with Gasteiger partial charge >= 0.3 is 5.97 Å². The molecule has 1 fully saturated rings. The highest BCUT2D eigenvalue weighted by Crippen LogP contribution is 2.38. The van der Waals surface area contributed by atoms with E-state index < -0.39 is 5.97 Å². The van der Waals surface area contributed by atoms with Gasteiger partial charge in [0.15, 0.2) is 0 Å². The van der Waals surface area contributed by atoms with Gasteiger partial charge in [-0.15, -0.1) is 0 Å². The van der Waals surface area contributed by atoms with Gasteiger partial charge in [-0.1, -0.05) is 18.7 Å². The molecular formula is C17H21N3O4. The molecule has 1 unspecified atom stereocenters. The minimum atomic E-state index is -0.916. The number of carbonyl (C=O) groups excluding carboxylic acids is 1. The summed E-state index contributed by atoms with van der Waals surface area (Å²) in [5.41, 5.74) is 3.50. The summed E-state index contributed by atoms with van der Waals surface area (Å²) in [6, 6.07) is 5.38. The second-order valence-electron chi connectivity index (χ2n) is 5.91. The van der Waals surface area contributed by atoms with Crippen LogP contribution in [0.5, 0.6) is 0 Å². The molecule has 128 valence electrons. The summed E-state index contributed by atoms with van der Waals surface area (Å²) in [5, 5.41) is 14.6. The molecule has 0 saturated carbocycles. The SMILES string of the molecule is C=C1c2cccc(NCC(=O)O)c2CN1C1CCCOCNC1=O. The fraction of sp³-hybridized carbons (Fsp3) is 0.412. The van der Waals surface area contributed by atoms with E-state index in [-0.39, 0.29) is 25.2 Å². The topological polar surface area (TPSA) is 90.9 Å². The van der Waals surface area contributed by atoms with Gasteiger partial charge in [-0.2, -0.15) is 0 Å². The summed E-state index contributed by atoms with van der Waals surface area (Å²) in [4.78, 5) is 25.2. The zero-order valence-electron chi connectivity index (χ0n) is 13.4. The third-order valence-corrected chi connectivity index (χ3v) is 4.39. The maximum absolute atomic E-state index is 12.4. The number of hydrogen-bond donors (Lipinski definition) is 3. The Labute approximate surface area is 140 Å². The van der Waals surface area contributed by atoms with Crippen LogP contribution in [0.3, 0.4) is 0 Å². The van der Waals surface area contributed by atoms with Gasteiger partial charge in [0.2, 0.25) is 5.91 Å². The molecule has 7 heteroatoms. The van der Waals surface area contributed by atoms with Crippen LogP contribution in [-0.4, -0.2) is 47.8 Å². The highest BCUT2D eigenvalue weighted by Gasteiger charge is 2.34. The Morgan fingerprint density at radius 2 is 2.33 bits per heavy atom. The van der Waals surface area contributed by atoms with E-state index >= 15 is 0 Å². The van der Waals surface area contributed by atoms with Crippen molar-refractivity contribution in [3.63, 3.8) is 0 Å². The zero-order chi connectivity index (χ0) is 17.1. The van der Waals surface area contributed by atoms with Gasteiger partial charge in [0.05, 0.1) is 0 Å². The number of benzene rings is 1. The second-order valence-corrected chi connectivity index (χ2v) is 5.91. The van der Waals surface area contributed by atoms with Crippen LogP contribution in [0.2, 0.25) is 0 Å². The van der Waals surface area contributed by atoms with Crippen LogP contribution in [0.1, 0.15) is 24.0 Å². The summed E-state index contributed by atoms with van der Waals surface area (Å²) in [6.07, 6.45) is 1.50. The lowest BCUT2D eigenvalue weighted by molar-refractivity contribution is -0.135. The van der Waals surface area contributed by atoms with Crippen LogP contribution in [-0.2, 0) is 20.9 Å². The molecule has 1 saturated heterocycles. The van der Waals surface area contributed by atoms with Crippen LogP contribution < -0.4 is 10.6 Å². The first-order valence-corrected chi connectivity index (χ1v) is 7.97. The van der Waals surface area contributed by atoms with Crippen LogP contribution in [0.15, 0.2) is 24.8 Å². The lowest BCUT2D eigenvalue weighted by Crippen LogP contribution is -2.46. The highest BCUT2D eigenvalue weighted by atomic mass is 16.5. The maximum Gasteiger partial charge on any atom is 0.322 e. The Hall–Kier alpha value is -2.54. The van der Waals surface area contributed by atoms with E-state index in [1.165, 1.54) is 0 Å². The van der Waals surface area contributed by atoms with Gasteiger partial charge in [-0.05, 0) is 18.9 Å². The number of aliphatic carboxylic acids is 1. The summed E-state index contributed by atoms with van der Waals surface area (Å²) >= 11 is 0. The van der Waals surface area contributed by atoms with Crippen LogP contribution in [0.4, 0.5) is 5.69 Å². The van der Waals surface area contributed by atoms with Crippen molar-refractivity contribution in [2.24, 2.45) is 0 Å². The first-order chi connectivity index (χ1) is 11.6. The van der Waals surface area contributed by atoms with Gasteiger partial charge in [0.1, 0.15) is 19.3 Å². The summed E-state index contributed by atoms with van der Waals surface area (Å²) in [7, 11) is 0. The van der Waals surface area contributed by atoms with E-state index in [1.54, 1.807) is 0 Å². The molecule has 0 aliphatic carbocycles. The van der Waals surface area contributed by atoms with E-state index in [4.69, 9.17) is 9.84 Å². The number of ether oxygens (including phenoxy) is 1. The molecule has 1 atom stereocenters. The molecular weight excluding hydrogens is 310 g/mol. The van der Waals surface area contributed by atoms with Gasteiger partial charge in [-0.25, -0.2) is 0 Å². The molecule has 2 aliphatic heterocycles. The number of fused-ring (bicyclic) bond motifs is 1. The molecule has 1 amide bonds. The monoisotopic (exact) mass is 331 g/mol. The van der Waals surface area contributed by atoms with E-state index in [1.807, 2.05) is 23.1 Å². The van der Waals surface area contributed by atoms with Gasteiger partial charge < -0.3 is 25.4 Å². The maximum atomic E-state index is 12.4. The lowest BCUT2D eigenvalue weighted by atomic mass is 10.1. The predicted molar refractivity (Wildman–Crippen MR) is 89.1 cm³/mol. The smallest absolute Gasteiger partial charge is 0.322 e. The van der Waals surface area contributed by atoms with Gasteiger partial charge in [0.25, 0.3) is 0 Å². The normalized spacial score (nSPS) is 20.8. The fourth-order valence-corrected chi connectivity index (χ4v) is 3.20. The standard InChI is InChI=1S/C17H21N3O4/c1-11-12-4-2-5-14(18-8-16(21)22)13(12)9-20(11)15-6-3-7-24-10-19-17(15)23/h2,4-5,15,18H,1,3,6-10H2,(H,19,23)(H,21,22). The number of carboxylic acid groups (broad SMARTS) is 1. The molecule has 0 radical (unpaired) electrons. The van der Waals surface area contributed by atoms with Crippen LogP contribution in [0.25, 0.3) is 5.70 Å². The Bertz CT molecular complexity index is 674. The Morgan fingerprint density at radius 1 is 1.50 bits per heavy atom. The molecule has 3 N–H and O–H groups in total. The Morgan fingerprint density at radius 3 is 3.12 bits per heavy atom. The van der Waals surface area contributed by atoms with Crippen molar-refractivity contribution in [3.05, 3.63) is 35.9 Å².